The summed E-state index contributed by atoms with van der Waals surface area (Å²) in [7, 11) is -3.74. The summed E-state index contributed by atoms with van der Waals surface area (Å²) in [6.45, 7) is 3.41. The van der Waals surface area contributed by atoms with Crippen molar-refractivity contribution >= 4 is 16.0 Å². The third-order valence-corrected chi connectivity index (χ3v) is 6.41. The Morgan fingerprint density at radius 2 is 1.70 bits per heavy atom. The fraction of sp³-hybridized carbons (Fsp3) is 0.350. The SMILES string of the molecule is CC1(C)OC(=NC(CCO)c2ccccc2)NS(=O)(=O)C1c1ccccc1. The summed E-state index contributed by atoms with van der Waals surface area (Å²) in [4.78, 5) is 4.46. The number of aliphatic imine (C=N–C) groups is 1. The zero-order valence-electron chi connectivity index (χ0n) is 15.4. The maximum atomic E-state index is 13.0. The highest BCUT2D eigenvalue weighted by Crippen LogP contribution is 2.38. The molecule has 6 nitrogen and oxygen atoms in total. The summed E-state index contributed by atoms with van der Waals surface area (Å²) in [6.07, 6.45) is 0.362. The van der Waals surface area contributed by atoms with E-state index in [-0.39, 0.29) is 12.6 Å². The highest BCUT2D eigenvalue weighted by Gasteiger charge is 2.48. The molecule has 0 saturated carbocycles. The average molecular weight is 388 g/mol. The second kappa shape index (κ2) is 7.70. The molecule has 144 valence electrons. The van der Waals surface area contributed by atoms with Gasteiger partial charge in [0.25, 0.3) is 6.02 Å². The van der Waals surface area contributed by atoms with E-state index in [2.05, 4.69) is 9.71 Å². The Morgan fingerprint density at radius 3 is 2.26 bits per heavy atom. The predicted molar refractivity (Wildman–Crippen MR) is 105 cm³/mol. The number of aliphatic hydroxyl groups excluding tert-OH is 1. The van der Waals surface area contributed by atoms with Crippen molar-refractivity contribution in [1.82, 2.24) is 4.72 Å². The number of ether oxygens (including phenoxy) is 1. The maximum Gasteiger partial charge on any atom is 0.299 e. The van der Waals surface area contributed by atoms with Crippen molar-refractivity contribution < 1.29 is 18.3 Å². The summed E-state index contributed by atoms with van der Waals surface area (Å²) >= 11 is 0. The van der Waals surface area contributed by atoms with E-state index in [1.165, 1.54) is 0 Å². The van der Waals surface area contributed by atoms with E-state index in [0.717, 1.165) is 5.56 Å². The molecule has 1 aliphatic heterocycles. The fourth-order valence-electron chi connectivity index (χ4n) is 3.38. The topological polar surface area (TPSA) is 88.0 Å². The lowest BCUT2D eigenvalue weighted by atomic mass is 9.97. The minimum Gasteiger partial charge on any atom is -0.457 e. The first-order chi connectivity index (χ1) is 12.8. The van der Waals surface area contributed by atoms with Crippen molar-refractivity contribution in [1.29, 1.82) is 0 Å². The van der Waals surface area contributed by atoms with Gasteiger partial charge in [0, 0.05) is 6.61 Å². The van der Waals surface area contributed by atoms with E-state index >= 15 is 0 Å². The summed E-state index contributed by atoms with van der Waals surface area (Å²) in [6, 6.07) is 18.0. The fourth-order valence-corrected chi connectivity index (χ4v) is 5.15. The molecule has 7 heteroatoms. The molecule has 0 aromatic heterocycles. The van der Waals surface area contributed by atoms with Gasteiger partial charge in [-0.3, -0.25) is 0 Å². The number of hydrogen-bond acceptors (Lipinski definition) is 5. The Labute approximate surface area is 160 Å². The standard InChI is InChI=1S/C20H24N2O4S/c1-20(2)18(16-11-7-4-8-12-16)27(24,25)22-19(26-20)21-17(13-14-23)15-9-5-3-6-10-15/h3-12,17-18,23H,13-14H2,1-2H3,(H,21,22). The molecule has 0 bridgehead atoms. The van der Waals surface area contributed by atoms with Gasteiger partial charge in [0.1, 0.15) is 10.9 Å². The van der Waals surface area contributed by atoms with Crippen LogP contribution in [0.15, 0.2) is 65.7 Å². The van der Waals surface area contributed by atoms with Crippen molar-refractivity contribution in [2.45, 2.75) is 37.2 Å². The first-order valence-corrected chi connectivity index (χ1v) is 10.4. The summed E-state index contributed by atoms with van der Waals surface area (Å²) in [5, 5.41) is 8.51. The zero-order valence-corrected chi connectivity index (χ0v) is 16.2. The molecule has 1 aliphatic rings. The molecule has 1 fully saturated rings. The Kier molecular flexibility index (Phi) is 5.53. The second-order valence-electron chi connectivity index (χ2n) is 7.02. The summed E-state index contributed by atoms with van der Waals surface area (Å²) in [5.74, 6) is 0. The molecule has 27 heavy (non-hydrogen) atoms. The minimum atomic E-state index is -3.74. The van der Waals surface area contributed by atoms with Crippen LogP contribution in [0.5, 0.6) is 0 Å². The average Bonchev–Trinajstić information content (AvgIpc) is 2.61. The first-order valence-electron chi connectivity index (χ1n) is 8.83. The van der Waals surface area contributed by atoms with E-state index in [1.807, 2.05) is 36.4 Å². The molecule has 2 aromatic rings. The highest BCUT2D eigenvalue weighted by molar-refractivity contribution is 7.90. The molecule has 0 amide bonds. The van der Waals surface area contributed by atoms with E-state index in [0.29, 0.717) is 12.0 Å². The lowest BCUT2D eigenvalue weighted by molar-refractivity contribution is 0.0759. The van der Waals surface area contributed by atoms with Crippen LogP contribution < -0.4 is 4.72 Å². The van der Waals surface area contributed by atoms with Crippen LogP contribution in [0.1, 0.15) is 42.7 Å². The number of aliphatic hydroxyl groups is 1. The van der Waals surface area contributed by atoms with Gasteiger partial charge in [0.2, 0.25) is 10.0 Å². The van der Waals surface area contributed by atoms with Crippen LogP contribution in [0.4, 0.5) is 0 Å². The number of benzene rings is 2. The number of amidine groups is 1. The molecule has 2 unspecified atom stereocenters. The summed E-state index contributed by atoms with van der Waals surface area (Å²) in [5.41, 5.74) is 0.527. The molecule has 2 aromatic carbocycles. The van der Waals surface area contributed by atoms with Crippen LogP contribution in [-0.4, -0.2) is 31.8 Å². The van der Waals surface area contributed by atoms with Gasteiger partial charge in [-0.15, -0.1) is 0 Å². The van der Waals surface area contributed by atoms with E-state index < -0.39 is 26.9 Å². The number of nitrogens with zero attached hydrogens (tertiary/aromatic N) is 1. The number of rotatable bonds is 5. The van der Waals surface area contributed by atoms with Gasteiger partial charge in [0.15, 0.2) is 0 Å². The molecule has 0 aliphatic carbocycles. The van der Waals surface area contributed by atoms with Crippen molar-refractivity contribution in [2.75, 3.05) is 6.61 Å². The van der Waals surface area contributed by atoms with Gasteiger partial charge in [-0.25, -0.2) is 18.1 Å². The molecule has 0 spiro atoms. The lowest BCUT2D eigenvalue weighted by Crippen LogP contribution is -2.53. The van der Waals surface area contributed by atoms with Crippen LogP contribution in [0.3, 0.4) is 0 Å². The molecule has 3 rings (SSSR count). The molecular weight excluding hydrogens is 364 g/mol. The molecule has 1 saturated heterocycles. The van der Waals surface area contributed by atoms with Crippen LogP contribution in [0.25, 0.3) is 0 Å². The quantitative estimate of drug-likeness (QED) is 0.824. The minimum absolute atomic E-state index is 0.0468. The van der Waals surface area contributed by atoms with E-state index in [1.54, 1.807) is 38.1 Å². The van der Waals surface area contributed by atoms with Crippen LogP contribution in [-0.2, 0) is 14.8 Å². The number of hydrogen-bond donors (Lipinski definition) is 2. The number of sulfonamides is 1. The largest absolute Gasteiger partial charge is 0.457 e. The second-order valence-corrected chi connectivity index (χ2v) is 8.78. The monoisotopic (exact) mass is 388 g/mol. The number of nitrogens with one attached hydrogen (secondary N) is 1. The van der Waals surface area contributed by atoms with Crippen LogP contribution in [0, 0.1) is 0 Å². The normalized spacial score (nSPS) is 23.2. The Hall–Kier alpha value is -2.38. The maximum absolute atomic E-state index is 13.0. The third kappa shape index (κ3) is 4.31. The molecule has 2 N–H and O–H groups in total. The van der Waals surface area contributed by atoms with Gasteiger partial charge >= 0.3 is 0 Å². The molecule has 0 radical (unpaired) electrons. The van der Waals surface area contributed by atoms with E-state index in [9.17, 15) is 13.5 Å². The molecule has 1 heterocycles. The predicted octanol–water partition coefficient (Wildman–Crippen LogP) is 2.94. The highest BCUT2D eigenvalue weighted by atomic mass is 32.2. The zero-order chi connectivity index (χ0) is 19.5. The van der Waals surface area contributed by atoms with Gasteiger partial charge < -0.3 is 9.84 Å². The Bertz CT molecular complexity index is 896. The molecular formula is C20H24N2O4S. The van der Waals surface area contributed by atoms with E-state index in [4.69, 9.17) is 4.74 Å². The van der Waals surface area contributed by atoms with Crippen molar-refractivity contribution in [3.05, 3.63) is 71.8 Å². The van der Waals surface area contributed by atoms with Gasteiger partial charge in [-0.05, 0) is 31.4 Å². The summed E-state index contributed by atoms with van der Waals surface area (Å²) < 4.78 is 34.4. The smallest absolute Gasteiger partial charge is 0.299 e. The lowest BCUT2D eigenvalue weighted by Gasteiger charge is -2.39. The van der Waals surface area contributed by atoms with Crippen LogP contribution >= 0.6 is 0 Å². The molecule has 2 atom stereocenters. The Morgan fingerprint density at radius 1 is 1.11 bits per heavy atom. The van der Waals surface area contributed by atoms with Gasteiger partial charge in [-0.1, -0.05) is 60.7 Å². The van der Waals surface area contributed by atoms with Crippen LogP contribution in [0.2, 0.25) is 0 Å². The van der Waals surface area contributed by atoms with Crippen molar-refractivity contribution in [2.24, 2.45) is 4.99 Å². The van der Waals surface area contributed by atoms with Gasteiger partial charge in [0.05, 0.1) is 6.04 Å². The van der Waals surface area contributed by atoms with Crippen molar-refractivity contribution in [3.63, 3.8) is 0 Å². The Balaban J connectivity index is 1.95. The van der Waals surface area contributed by atoms with Gasteiger partial charge in [-0.2, -0.15) is 0 Å². The van der Waals surface area contributed by atoms with Crippen molar-refractivity contribution in [3.8, 4) is 0 Å². The third-order valence-electron chi connectivity index (χ3n) is 4.49. The first kappa shape index (κ1) is 19.4.